The van der Waals surface area contributed by atoms with Gasteiger partial charge >= 0.3 is 5.97 Å². The molecule has 5 rings (SSSR count). The molecular formula is C32H29NO4S3. The maximum absolute atomic E-state index is 14.0. The van der Waals surface area contributed by atoms with E-state index in [9.17, 15) is 9.59 Å². The van der Waals surface area contributed by atoms with Gasteiger partial charge in [-0.2, -0.15) is 0 Å². The number of amides is 1. The zero-order valence-electron chi connectivity index (χ0n) is 22.7. The van der Waals surface area contributed by atoms with Gasteiger partial charge in [0.15, 0.2) is 0 Å². The molecule has 0 saturated heterocycles. The van der Waals surface area contributed by atoms with Crippen molar-refractivity contribution in [3.8, 4) is 5.75 Å². The Morgan fingerprint density at radius 3 is 2.23 bits per heavy atom. The van der Waals surface area contributed by atoms with E-state index >= 15 is 0 Å². The van der Waals surface area contributed by atoms with Gasteiger partial charge in [-0.3, -0.25) is 9.69 Å². The lowest BCUT2D eigenvalue weighted by Crippen LogP contribution is -2.55. The summed E-state index contributed by atoms with van der Waals surface area (Å²) in [6, 6.07) is 24.8. The molecule has 0 bridgehead atoms. The Morgan fingerprint density at radius 2 is 1.57 bits per heavy atom. The van der Waals surface area contributed by atoms with E-state index in [0.717, 1.165) is 31.5 Å². The highest BCUT2D eigenvalue weighted by atomic mass is 32.2. The van der Waals surface area contributed by atoms with Crippen LogP contribution >= 0.6 is 35.7 Å². The third kappa shape index (κ3) is 5.11. The summed E-state index contributed by atoms with van der Waals surface area (Å²) in [4.78, 5) is 30.8. The minimum absolute atomic E-state index is 0.135. The smallest absolute Gasteiger partial charge is 0.346 e. The fraction of sp³-hybridized carbons (Fsp3) is 0.219. The molecule has 0 N–H and O–H groups in total. The molecule has 0 aliphatic carbocycles. The monoisotopic (exact) mass is 587 g/mol. The second-order valence-electron chi connectivity index (χ2n) is 9.62. The van der Waals surface area contributed by atoms with E-state index in [0.29, 0.717) is 27.7 Å². The highest BCUT2D eigenvalue weighted by molar-refractivity contribution is 8.32. The zero-order valence-corrected chi connectivity index (χ0v) is 25.2. The van der Waals surface area contributed by atoms with Crippen molar-refractivity contribution in [3.05, 3.63) is 105 Å². The number of hydrogen-bond acceptors (Lipinski definition) is 7. The number of anilines is 1. The number of fused-ring (bicyclic) bond motifs is 1. The number of nitrogens with zero attached hydrogens (tertiary/aromatic N) is 1. The average molecular weight is 588 g/mol. The van der Waals surface area contributed by atoms with Crippen LogP contribution in [0.5, 0.6) is 5.75 Å². The van der Waals surface area contributed by atoms with E-state index in [-0.39, 0.29) is 18.5 Å². The minimum Gasteiger partial charge on any atom is -0.494 e. The number of carbonyl (C=O) groups excluding carboxylic acids is 2. The molecule has 3 aromatic carbocycles. The number of hydrogen-bond donors (Lipinski definition) is 0. The van der Waals surface area contributed by atoms with Crippen molar-refractivity contribution in [1.29, 1.82) is 0 Å². The maximum Gasteiger partial charge on any atom is 0.346 e. The first-order valence-corrected chi connectivity index (χ1v) is 15.1. The van der Waals surface area contributed by atoms with E-state index in [1.807, 2.05) is 99.6 Å². The Kier molecular flexibility index (Phi) is 8.21. The number of thioether (sulfide) groups is 2. The van der Waals surface area contributed by atoms with Gasteiger partial charge in [0.05, 0.1) is 33.5 Å². The van der Waals surface area contributed by atoms with E-state index in [1.54, 1.807) is 11.8 Å². The lowest BCUT2D eigenvalue weighted by Gasteiger charge is -2.45. The first kappa shape index (κ1) is 28.2. The standard InChI is InChI=1S/C32H29NO4S3/c1-5-36-22-17-18-24-23(19-22)25(28(38)32(3,4)33(24)29(34)21-15-11-8-12-16-21)31-39-26(20-13-9-7-10-14-20)27(40-31)30(35)37-6-2/h7-19H,5-6H2,1-4H3/b31-25+. The molecule has 0 saturated carbocycles. The van der Waals surface area contributed by atoms with Crippen LogP contribution in [0.1, 0.15) is 49.2 Å². The SMILES string of the molecule is CCOC(=O)C1=C(c2ccccc2)S/C(=C2\C(=S)C(C)(C)N(C(=O)c3ccccc3)c3ccc(OCC)cc32)S1. The summed E-state index contributed by atoms with van der Waals surface area (Å²) in [6.07, 6.45) is 0. The van der Waals surface area contributed by atoms with Crippen LogP contribution in [0.15, 0.2) is 88.0 Å². The first-order valence-electron chi connectivity index (χ1n) is 13.1. The predicted octanol–water partition coefficient (Wildman–Crippen LogP) is 7.97. The van der Waals surface area contributed by atoms with Crippen LogP contribution in [0.2, 0.25) is 0 Å². The molecule has 40 heavy (non-hydrogen) atoms. The molecule has 2 heterocycles. The summed E-state index contributed by atoms with van der Waals surface area (Å²) in [5.41, 5.74) is 3.06. The van der Waals surface area contributed by atoms with Gasteiger partial charge in [0.1, 0.15) is 10.7 Å². The van der Waals surface area contributed by atoms with Crippen molar-refractivity contribution >= 4 is 68.6 Å². The van der Waals surface area contributed by atoms with Gasteiger partial charge in [0.25, 0.3) is 5.91 Å². The van der Waals surface area contributed by atoms with Crippen LogP contribution in [-0.2, 0) is 9.53 Å². The highest BCUT2D eigenvalue weighted by Crippen LogP contribution is 2.59. The van der Waals surface area contributed by atoms with E-state index in [2.05, 4.69) is 0 Å². The van der Waals surface area contributed by atoms with Crippen LogP contribution in [0.4, 0.5) is 5.69 Å². The van der Waals surface area contributed by atoms with Gasteiger partial charge in [-0.05, 0) is 63.6 Å². The van der Waals surface area contributed by atoms with E-state index in [4.69, 9.17) is 21.7 Å². The van der Waals surface area contributed by atoms with Gasteiger partial charge in [-0.1, -0.05) is 84.3 Å². The molecule has 1 amide bonds. The number of carbonyl (C=O) groups is 2. The molecule has 0 fully saturated rings. The Bertz CT molecular complexity index is 1540. The lowest BCUT2D eigenvalue weighted by molar-refractivity contribution is -0.137. The molecule has 0 unspecified atom stereocenters. The number of thiocarbonyl (C=S) groups is 1. The Hall–Kier alpha value is -3.33. The van der Waals surface area contributed by atoms with Crippen molar-refractivity contribution in [2.45, 2.75) is 33.2 Å². The molecule has 0 atom stereocenters. The van der Waals surface area contributed by atoms with Crippen molar-refractivity contribution in [3.63, 3.8) is 0 Å². The second kappa shape index (κ2) is 11.6. The zero-order chi connectivity index (χ0) is 28.4. The highest BCUT2D eigenvalue weighted by Gasteiger charge is 2.46. The third-order valence-electron chi connectivity index (χ3n) is 6.65. The second-order valence-corrected chi connectivity index (χ2v) is 12.3. The maximum atomic E-state index is 14.0. The molecule has 3 aromatic rings. The van der Waals surface area contributed by atoms with Crippen LogP contribution in [-0.4, -0.2) is 35.5 Å². The van der Waals surface area contributed by atoms with Crippen LogP contribution in [0, 0.1) is 0 Å². The molecule has 0 aromatic heterocycles. The molecule has 2 aliphatic heterocycles. The lowest BCUT2D eigenvalue weighted by atomic mass is 9.82. The number of esters is 1. The number of rotatable bonds is 6. The fourth-order valence-corrected chi connectivity index (χ4v) is 7.92. The van der Waals surface area contributed by atoms with Gasteiger partial charge in [0, 0.05) is 21.6 Å². The van der Waals surface area contributed by atoms with Gasteiger partial charge in [-0.15, -0.1) is 0 Å². The summed E-state index contributed by atoms with van der Waals surface area (Å²) >= 11 is 9.08. The molecule has 5 nitrogen and oxygen atoms in total. The van der Waals surface area contributed by atoms with E-state index in [1.165, 1.54) is 23.5 Å². The third-order valence-corrected chi connectivity index (χ3v) is 9.98. The fourth-order valence-electron chi connectivity index (χ4n) is 4.79. The largest absolute Gasteiger partial charge is 0.494 e. The Balaban J connectivity index is 1.70. The molecule has 0 spiro atoms. The first-order chi connectivity index (χ1) is 19.3. The van der Waals surface area contributed by atoms with Gasteiger partial charge < -0.3 is 9.47 Å². The van der Waals surface area contributed by atoms with Crippen molar-refractivity contribution < 1.29 is 19.1 Å². The minimum atomic E-state index is -0.828. The summed E-state index contributed by atoms with van der Waals surface area (Å²) in [7, 11) is 0. The number of ether oxygens (including phenoxy) is 2. The van der Waals surface area contributed by atoms with Gasteiger partial charge in [-0.25, -0.2) is 4.79 Å². The number of benzene rings is 3. The summed E-state index contributed by atoms with van der Waals surface area (Å²) in [5, 5.41) is 0. The van der Waals surface area contributed by atoms with Crippen molar-refractivity contribution in [2.24, 2.45) is 0 Å². The quantitative estimate of drug-likeness (QED) is 0.165. The molecule has 204 valence electrons. The van der Waals surface area contributed by atoms with Gasteiger partial charge in [0.2, 0.25) is 0 Å². The Morgan fingerprint density at radius 1 is 0.900 bits per heavy atom. The summed E-state index contributed by atoms with van der Waals surface area (Å²) < 4.78 is 12.2. The molecule has 8 heteroatoms. The van der Waals surface area contributed by atoms with Crippen LogP contribution in [0.3, 0.4) is 0 Å². The average Bonchev–Trinajstić information content (AvgIpc) is 3.40. The molecular weight excluding hydrogens is 559 g/mol. The van der Waals surface area contributed by atoms with E-state index < -0.39 is 5.54 Å². The van der Waals surface area contributed by atoms with Crippen LogP contribution in [0.25, 0.3) is 10.5 Å². The van der Waals surface area contributed by atoms with Crippen molar-refractivity contribution in [1.82, 2.24) is 0 Å². The molecule has 0 radical (unpaired) electrons. The molecule has 2 aliphatic rings. The summed E-state index contributed by atoms with van der Waals surface area (Å²) in [5.74, 6) is 0.188. The summed E-state index contributed by atoms with van der Waals surface area (Å²) in [6.45, 7) is 8.46. The normalized spacial score (nSPS) is 18.0. The Labute approximate surface area is 248 Å². The topological polar surface area (TPSA) is 55.8 Å². The van der Waals surface area contributed by atoms with Crippen LogP contribution < -0.4 is 9.64 Å². The van der Waals surface area contributed by atoms with Crippen molar-refractivity contribution in [2.75, 3.05) is 18.1 Å². The predicted molar refractivity (Wildman–Crippen MR) is 170 cm³/mol.